The molecule has 0 aliphatic rings. The Bertz CT molecular complexity index is 757. The van der Waals surface area contributed by atoms with Crippen molar-refractivity contribution in [3.8, 4) is 5.75 Å². The molecule has 0 heterocycles. The fourth-order valence-corrected chi connectivity index (χ4v) is 2.85. The molecule has 0 radical (unpaired) electrons. The van der Waals surface area contributed by atoms with Gasteiger partial charge in [0.2, 0.25) is 0 Å². The fourth-order valence-electron chi connectivity index (χ4n) is 2.85. The summed E-state index contributed by atoms with van der Waals surface area (Å²) >= 11 is 0. The summed E-state index contributed by atoms with van der Waals surface area (Å²) < 4.78 is 0. The van der Waals surface area contributed by atoms with E-state index in [1.165, 1.54) is 11.1 Å². The monoisotopic (exact) mass is 321 g/mol. The minimum absolute atomic E-state index is 0.194. The number of phenolic OH excluding ortho intramolecular Hbond substituents is 1. The van der Waals surface area contributed by atoms with Gasteiger partial charge in [0.05, 0.1) is 6.04 Å². The Labute approximate surface area is 145 Å². The third-order valence-electron chi connectivity index (χ3n) is 4.26. The van der Waals surface area contributed by atoms with Gasteiger partial charge in [0.25, 0.3) is 0 Å². The van der Waals surface area contributed by atoms with Crippen LogP contribution in [0.1, 0.15) is 40.8 Å². The van der Waals surface area contributed by atoms with E-state index in [9.17, 15) is 5.11 Å². The first-order valence-corrected chi connectivity index (χ1v) is 8.30. The molecule has 2 rings (SSSR count). The van der Waals surface area contributed by atoms with Crippen LogP contribution in [-0.4, -0.2) is 24.1 Å². The standard InChI is InChI=1S/C22H27NO/c1-6-9-21(23(4)5)20-14-17(3)22(24)19(15-20)13-12-18-11-8-7-10-16(18)2/h6-15,21,24H,1-5H3/b9-6+,13-12+. The molecule has 1 N–H and O–H groups in total. The predicted octanol–water partition coefficient (Wildman–Crippen LogP) is 5.36. The van der Waals surface area contributed by atoms with E-state index >= 15 is 0 Å². The van der Waals surface area contributed by atoms with Gasteiger partial charge in [-0.1, -0.05) is 54.6 Å². The molecule has 0 fully saturated rings. The van der Waals surface area contributed by atoms with Crippen molar-refractivity contribution in [2.24, 2.45) is 0 Å². The average Bonchev–Trinajstić information content (AvgIpc) is 2.55. The zero-order valence-corrected chi connectivity index (χ0v) is 15.2. The Kier molecular flexibility index (Phi) is 5.99. The second-order valence-corrected chi connectivity index (χ2v) is 6.40. The summed E-state index contributed by atoms with van der Waals surface area (Å²) in [7, 11) is 4.13. The van der Waals surface area contributed by atoms with Crippen LogP contribution in [0.4, 0.5) is 0 Å². The number of aryl methyl sites for hydroxylation is 2. The first-order chi connectivity index (χ1) is 11.4. The number of likely N-dealkylation sites (N-methyl/N-ethyl adjacent to an activating group) is 1. The summed E-state index contributed by atoms with van der Waals surface area (Å²) in [6.07, 6.45) is 8.29. The van der Waals surface area contributed by atoms with Crippen molar-refractivity contribution < 1.29 is 5.11 Å². The van der Waals surface area contributed by atoms with E-state index in [0.29, 0.717) is 5.75 Å². The van der Waals surface area contributed by atoms with Crippen LogP contribution < -0.4 is 0 Å². The zero-order chi connectivity index (χ0) is 17.7. The minimum atomic E-state index is 0.194. The van der Waals surface area contributed by atoms with E-state index in [2.05, 4.69) is 68.4 Å². The number of allylic oxidation sites excluding steroid dienone is 1. The number of nitrogens with zero attached hydrogens (tertiary/aromatic N) is 1. The molecule has 126 valence electrons. The van der Waals surface area contributed by atoms with Crippen molar-refractivity contribution >= 4 is 12.2 Å². The summed E-state index contributed by atoms with van der Waals surface area (Å²) in [6.45, 7) is 6.07. The van der Waals surface area contributed by atoms with Gasteiger partial charge in [0.15, 0.2) is 0 Å². The molecule has 0 spiro atoms. The normalized spacial score (nSPS) is 13.2. The molecular weight excluding hydrogens is 294 g/mol. The topological polar surface area (TPSA) is 23.5 Å². The number of aromatic hydroxyl groups is 1. The fraction of sp³-hybridized carbons (Fsp3) is 0.273. The minimum Gasteiger partial charge on any atom is -0.507 e. The van der Waals surface area contributed by atoms with E-state index < -0.39 is 0 Å². The molecule has 2 heteroatoms. The van der Waals surface area contributed by atoms with Crippen molar-refractivity contribution in [1.29, 1.82) is 0 Å². The van der Waals surface area contributed by atoms with Crippen LogP contribution in [0.15, 0.2) is 48.6 Å². The Morgan fingerprint density at radius 3 is 2.25 bits per heavy atom. The Hall–Kier alpha value is -2.32. The third kappa shape index (κ3) is 4.15. The molecule has 0 saturated carbocycles. The Morgan fingerprint density at radius 2 is 1.62 bits per heavy atom. The molecule has 0 saturated heterocycles. The van der Waals surface area contributed by atoms with E-state index in [0.717, 1.165) is 16.7 Å². The summed E-state index contributed by atoms with van der Waals surface area (Å²) in [6, 6.07) is 12.6. The number of hydrogen-bond donors (Lipinski definition) is 1. The summed E-state index contributed by atoms with van der Waals surface area (Å²) in [5, 5.41) is 10.4. The molecule has 0 bridgehead atoms. The maximum absolute atomic E-state index is 10.4. The van der Waals surface area contributed by atoms with Gasteiger partial charge >= 0.3 is 0 Å². The van der Waals surface area contributed by atoms with Crippen molar-refractivity contribution in [2.75, 3.05) is 14.1 Å². The van der Waals surface area contributed by atoms with Gasteiger partial charge in [0.1, 0.15) is 5.75 Å². The molecule has 0 aromatic heterocycles. The molecule has 0 aliphatic heterocycles. The average molecular weight is 321 g/mol. The molecule has 1 unspecified atom stereocenters. The zero-order valence-electron chi connectivity index (χ0n) is 15.2. The second-order valence-electron chi connectivity index (χ2n) is 6.40. The van der Waals surface area contributed by atoms with Gasteiger partial charge < -0.3 is 5.11 Å². The lowest BCUT2D eigenvalue weighted by molar-refractivity contribution is 0.350. The summed E-state index contributed by atoms with van der Waals surface area (Å²) in [4.78, 5) is 2.17. The first-order valence-electron chi connectivity index (χ1n) is 8.30. The number of benzene rings is 2. The van der Waals surface area contributed by atoms with Gasteiger partial charge in [-0.15, -0.1) is 0 Å². The third-order valence-corrected chi connectivity index (χ3v) is 4.26. The van der Waals surface area contributed by atoms with Crippen LogP contribution in [0.25, 0.3) is 12.2 Å². The summed E-state index contributed by atoms with van der Waals surface area (Å²) in [5.41, 5.74) is 5.31. The summed E-state index contributed by atoms with van der Waals surface area (Å²) in [5.74, 6) is 0.349. The highest BCUT2D eigenvalue weighted by Crippen LogP contribution is 2.30. The quantitative estimate of drug-likeness (QED) is 0.592. The van der Waals surface area contributed by atoms with Crippen LogP contribution in [0.5, 0.6) is 5.75 Å². The van der Waals surface area contributed by atoms with Crippen LogP contribution >= 0.6 is 0 Å². The van der Waals surface area contributed by atoms with Gasteiger partial charge in [-0.2, -0.15) is 0 Å². The van der Waals surface area contributed by atoms with Crippen molar-refractivity contribution in [3.63, 3.8) is 0 Å². The van der Waals surface area contributed by atoms with Gasteiger partial charge in [0, 0.05) is 5.56 Å². The molecule has 1 atom stereocenters. The molecule has 0 amide bonds. The smallest absolute Gasteiger partial charge is 0.125 e. The highest BCUT2D eigenvalue weighted by molar-refractivity contribution is 5.74. The molecule has 24 heavy (non-hydrogen) atoms. The van der Waals surface area contributed by atoms with E-state index in [1.54, 1.807) is 0 Å². The maximum atomic E-state index is 10.4. The molecule has 2 aromatic rings. The van der Waals surface area contributed by atoms with Gasteiger partial charge in [-0.05, 0) is 63.2 Å². The maximum Gasteiger partial charge on any atom is 0.125 e. The highest BCUT2D eigenvalue weighted by atomic mass is 16.3. The lowest BCUT2D eigenvalue weighted by Crippen LogP contribution is -2.18. The molecule has 2 nitrogen and oxygen atoms in total. The van der Waals surface area contributed by atoms with E-state index in [4.69, 9.17) is 0 Å². The largest absolute Gasteiger partial charge is 0.507 e. The molecule has 2 aromatic carbocycles. The van der Waals surface area contributed by atoms with Crippen molar-refractivity contribution in [3.05, 3.63) is 76.4 Å². The van der Waals surface area contributed by atoms with Gasteiger partial charge in [-0.25, -0.2) is 0 Å². The van der Waals surface area contributed by atoms with E-state index in [-0.39, 0.29) is 6.04 Å². The predicted molar refractivity (Wildman–Crippen MR) is 104 cm³/mol. The number of hydrogen-bond acceptors (Lipinski definition) is 2. The van der Waals surface area contributed by atoms with Crippen LogP contribution in [0, 0.1) is 13.8 Å². The number of phenols is 1. The molecular formula is C22H27NO. The lowest BCUT2D eigenvalue weighted by Gasteiger charge is -2.23. The Balaban J connectivity index is 2.45. The van der Waals surface area contributed by atoms with Crippen LogP contribution in [-0.2, 0) is 0 Å². The Morgan fingerprint density at radius 1 is 0.958 bits per heavy atom. The first kappa shape index (κ1) is 18.0. The highest BCUT2D eigenvalue weighted by Gasteiger charge is 2.14. The lowest BCUT2D eigenvalue weighted by atomic mass is 9.97. The second kappa shape index (κ2) is 7.98. The van der Waals surface area contributed by atoms with Crippen molar-refractivity contribution in [1.82, 2.24) is 4.90 Å². The van der Waals surface area contributed by atoms with Crippen LogP contribution in [0.3, 0.4) is 0 Å². The van der Waals surface area contributed by atoms with Gasteiger partial charge in [-0.3, -0.25) is 4.90 Å². The molecule has 0 aliphatic carbocycles. The number of rotatable bonds is 5. The SMILES string of the molecule is C/C=C/C(c1cc(C)c(O)c(/C=C/c2ccccc2C)c1)N(C)C. The van der Waals surface area contributed by atoms with Crippen molar-refractivity contribution in [2.45, 2.75) is 26.8 Å². The van der Waals surface area contributed by atoms with E-state index in [1.807, 2.05) is 32.1 Å². The van der Waals surface area contributed by atoms with Crippen LogP contribution in [0.2, 0.25) is 0 Å².